The largest absolute Gasteiger partial charge is 0.356 e. The van der Waals surface area contributed by atoms with Gasteiger partial charge in [0.1, 0.15) is 0 Å². The molecule has 2 N–H and O–H groups in total. The van der Waals surface area contributed by atoms with Crippen molar-refractivity contribution in [1.82, 2.24) is 15.6 Å². The van der Waals surface area contributed by atoms with Gasteiger partial charge in [-0.2, -0.15) is 0 Å². The minimum Gasteiger partial charge on any atom is -0.356 e. The number of aliphatic imine (C=N–C) groups is 1. The molecule has 1 aromatic heterocycles. The molecular weight excluding hydrogens is 320 g/mol. The summed E-state index contributed by atoms with van der Waals surface area (Å²) in [6.45, 7) is 4.95. The number of guanidine groups is 1. The van der Waals surface area contributed by atoms with Crippen LogP contribution in [-0.2, 0) is 22.7 Å². The summed E-state index contributed by atoms with van der Waals surface area (Å²) in [5.41, 5.74) is 1.18. The summed E-state index contributed by atoms with van der Waals surface area (Å²) in [6, 6.07) is -0.0370. The third-order valence-electron chi connectivity index (χ3n) is 3.70. The molecule has 1 saturated heterocycles. The molecule has 0 spiro atoms. The number of nitrogens with zero attached hydrogens (tertiary/aromatic N) is 2. The molecule has 1 unspecified atom stereocenters. The quantitative estimate of drug-likeness (QED) is 0.613. The van der Waals surface area contributed by atoms with Crippen molar-refractivity contribution in [2.45, 2.75) is 39.2 Å². The van der Waals surface area contributed by atoms with Crippen LogP contribution < -0.4 is 10.6 Å². The highest BCUT2D eigenvalue weighted by molar-refractivity contribution is 7.91. The zero-order valence-corrected chi connectivity index (χ0v) is 15.0. The molecule has 0 amide bonds. The Morgan fingerprint density at radius 1 is 1.50 bits per heavy atom. The average molecular weight is 345 g/mol. The summed E-state index contributed by atoms with van der Waals surface area (Å²) in [7, 11) is -1.18. The molecule has 0 aliphatic carbocycles. The van der Waals surface area contributed by atoms with E-state index in [1.54, 1.807) is 18.4 Å². The standard InChI is InChI=1S/C14H24N4O2S2/c1-4-12-10(2)21-13(18-12)5-7-16-14(15-3)17-11-6-8-22(19,20)9-11/h11H,4-9H2,1-3H3,(H2,15,16,17). The van der Waals surface area contributed by atoms with E-state index in [9.17, 15) is 8.42 Å². The van der Waals surface area contributed by atoms with Crippen molar-refractivity contribution in [3.05, 3.63) is 15.6 Å². The number of rotatable bonds is 5. The lowest BCUT2D eigenvalue weighted by Gasteiger charge is -2.15. The number of aryl methyl sites for hydroxylation is 2. The van der Waals surface area contributed by atoms with Gasteiger partial charge in [0.25, 0.3) is 0 Å². The van der Waals surface area contributed by atoms with Crippen molar-refractivity contribution < 1.29 is 8.42 Å². The second kappa shape index (κ2) is 7.41. The normalized spacial score (nSPS) is 21.0. The molecule has 1 fully saturated rings. The Bertz CT molecular complexity index is 637. The van der Waals surface area contributed by atoms with Gasteiger partial charge in [-0.1, -0.05) is 6.92 Å². The first-order valence-corrected chi connectivity index (χ1v) is 10.2. The summed E-state index contributed by atoms with van der Waals surface area (Å²) in [5.74, 6) is 1.12. The lowest BCUT2D eigenvalue weighted by atomic mass is 10.3. The van der Waals surface area contributed by atoms with Gasteiger partial charge in [-0.15, -0.1) is 11.3 Å². The summed E-state index contributed by atoms with van der Waals surface area (Å²) in [5, 5.41) is 7.53. The maximum atomic E-state index is 11.5. The summed E-state index contributed by atoms with van der Waals surface area (Å²) in [4.78, 5) is 10.1. The molecular formula is C14H24N4O2S2. The van der Waals surface area contributed by atoms with Gasteiger partial charge in [-0.3, -0.25) is 4.99 Å². The lowest BCUT2D eigenvalue weighted by molar-refractivity contribution is 0.599. The van der Waals surface area contributed by atoms with Crippen LogP contribution in [0.15, 0.2) is 4.99 Å². The predicted octanol–water partition coefficient (Wildman–Crippen LogP) is 0.909. The Kier molecular flexibility index (Phi) is 5.80. The van der Waals surface area contributed by atoms with Crippen molar-refractivity contribution in [2.24, 2.45) is 4.99 Å². The second-order valence-corrected chi connectivity index (χ2v) is 8.97. The topological polar surface area (TPSA) is 83.4 Å². The monoisotopic (exact) mass is 344 g/mol. The first-order valence-electron chi connectivity index (χ1n) is 7.56. The first-order chi connectivity index (χ1) is 10.4. The molecule has 0 aromatic carbocycles. The van der Waals surface area contributed by atoms with Gasteiger partial charge in [-0.05, 0) is 19.8 Å². The number of hydrogen-bond acceptors (Lipinski definition) is 5. The van der Waals surface area contributed by atoms with Gasteiger partial charge < -0.3 is 10.6 Å². The average Bonchev–Trinajstić information content (AvgIpc) is 2.99. The minimum absolute atomic E-state index is 0.0370. The zero-order valence-electron chi connectivity index (χ0n) is 13.3. The zero-order chi connectivity index (χ0) is 16.2. The molecule has 8 heteroatoms. The number of nitrogens with one attached hydrogen (secondary N) is 2. The summed E-state index contributed by atoms with van der Waals surface area (Å²) >= 11 is 1.74. The van der Waals surface area contributed by atoms with Crippen molar-refractivity contribution in [2.75, 3.05) is 25.1 Å². The van der Waals surface area contributed by atoms with Crippen molar-refractivity contribution >= 4 is 27.1 Å². The van der Waals surface area contributed by atoms with Gasteiger partial charge in [0.2, 0.25) is 0 Å². The Labute approximate surface area is 136 Å². The van der Waals surface area contributed by atoms with Crippen LogP contribution in [0.1, 0.15) is 28.9 Å². The van der Waals surface area contributed by atoms with Gasteiger partial charge in [0.15, 0.2) is 15.8 Å². The third-order valence-corrected chi connectivity index (χ3v) is 6.54. The first kappa shape index (κ1) is 17.2. The molecule has 1 aliphatic rings. The Balaban J connectivity index is 1.79. The molecule has 0 bridgehead atoms. The van der Waals surface area contributed by atoms with Crippen LogP contribution in [0.3, 0.4) is 0 Å². The van der Waals surface area contributed by atoms with Crippen LogP contribution in [0.2, 0.25) is 0 Å². The molecule has 1 atom stereocenters. The molecule has 1 aliphatic heterocycles. The highest BCUT2D eigenvalue weighted by Gasteiger charge is 2.28. The van der Waals surface area contributed by atoms with Crippen LogP contribution in [0.4, 0.5) is 0 Å². The van der Waals surface area contributed by atoms with E-state index in [1.165, 1.54) is 10.6 Å². The number of sulfone groups is 1. The fourth-order valence-electron chi connectivity index (χ4n) is 2.51. The number of hydrogen-bond donors (Lipinski definition) is 2. The SMILES string of the molecule is CCc1nc(CCNC(=NC)NC2CCS(=O)(=O)C2)sc1C. The smallest absolute Gasteiger partial charge is 0.191 e. The van der Waals surface area contributed by atoms with E-state index in [4.69, 9.17) is 0 Å². The molecule has 124 valence electrons. The van der Waals surface area contributed by atoms with Crippen LogP contribution in [0, 0.1) is 6.92 Å². The van der Waals surface area contributed by atoms with E-state index in [2.05, 4.69) is 34.5 Å². The van der Waals surface area contributed by atoms with Crippen LogP contribution in [-0.4, -0.2) is 50.5 Å². The fourth-order valence-corrected chi connectivity index (χ4v) is 5.20. The van der Waals surface area contributed by atoms with Crippen molar-refractivity contribution in [1.29, 1.82) is 0 Å². The van der Waals surface area contributed by atoms with Crippen LogP contribution in [0.25, 0.3) is 0 Å². The Morgan fingerprint density at radius 3 is 2.82 bits per heavy atom. The van der Waals surface area contributed by atoms with Gasteiger partial charge >= 0.3 is 0 Å². The second-order valence-electron chi connectivity index (χ2n) is 5.46. The Morgan fingerprint density at radius 2 is 2.27 bits per heavy atom. The molecule has 6 nitrogen and oxygen atoms in total. The number of aromatic nitrogens is 1. The van der Waals surface area contributed by atoms with E-state index < -0.39 is 9.84 Å². The highest BCUT2D eigenvalue weighted by atomic mass is 32.2. The molecule has 0 radical (unpaired) electrons. The lowest BCUT2D eigenvalue weighted by Crippen LogP contribution is -2.44. The summed E-state index contributed by atoms with van der Waals surface area (Å²) < 4.78 is 22.9. The van der Waals surface area contributed by atoms with E-state index in [0.717, 1.165) is 24.4 Å². The Hall–Kier alpha value is -1.15. The van der Waals surface area contributed by atoms with E-state index in [1.807, 2.05) is 0 Å². The molecule has 1 aromatic rings. The van der Waals surface area contributed by atoms with E-state index in [-0.39, 0.29) is 17.5 Å². The molecule has 2 heterocycles. The van der Waals surface area contributed by atoms with Gasteiger partial charge in [0, 0.05) is 30.9 Å². The third kappa shape index (κ3) is 4.67. The van der Waals surface area contributed by atoms with E-state index >= 15 is 0 Å². The highest BCUT2D eigenvalue weighted by Crippen LogP contribution is 2.18. The molecule has 2 rings (SSSR count). The van der Waals surface area contributed by atoms with Gasteiger partial charge in [0.05, 0.1) is 22.2 Å². The van der Waals surface area contributed by atoms with Crippen LogP contribution >= 0.6 is 11.3 Å². The maximum Gasteiger partial charge on any atom is 0.191 e. The molecule has 0 saturated carbocycles. The molecule has 22 heavy (non-hydrogen) atoms. The van der Waals surface area contributed by atoms with Crippen molar-refractivity contribution in [3.63, 3.8) is 0 Å². The van der Waals surface area contributed by atoms with E-state index in [0.29, 0.717) is 12.4 Å². The van der Waals surface area contributed by atoms with Crippen molar-refractivity contribution in [3.8, 4) is 0 Å². The number of thiazole rings is 1. The summed E-state index contributed by atoms with van der Waals surface area (Å²) in [6.07, 6.45) is 2.46. The maximum absolute atomic E-state index is 11.5. The minimum atomic E-state index is -2.87. The van der Waals surface area contributed by atoms with Crippen LogP contribution in [0.5, 0.6) is 0 Å². The van der Waals surface area contributed by atoms with Gasteiger partial charge in [-0.25, -0.2) is 13.4 Å². The predicted molar refractivity (Wildman–Crippen MR) is 91.5 cm³/mol. The fraction of sp³-hybridized carbons (Fsp3) is 0.714.